The van der Waals surface area contributed by atoms with Crippen LogP contribution in [-0.2, 0) is 0 Å². The summed E-state index contributed by atoms with van der Waals surface area (Å²) < 4.78 is 5.69. The second-order valence-electron chi connectivity index (χ2n) is 4.28. The van der Waals surface area contributed by atoms with Crippen LogP contribution in [0.2, 0.25) is 0 Å². The van der Waals surface area contributed by atoms with Gasteiger partial charge in [0.1, 0.15) is 11.5 Å². The maximum absolute atomic E-state index is 9.71. The summed E-state index contributed by atoms with van der Waals surface area (Å²) in [7, 11) is 0. The number of hydrogen-bond donors (Lipinski definition) is 1. The number of hydrogen-bond acceptors (Lipinski definition) is 4. The van der Waals surface area contributed by atoms with Gasteiger partial charge < -0.3 is 9.84 Å². The van der Waals surface area contributed by atoms with Crippen molar-refractivity contribution in [3.8, 4) is 17.6 Å². The molecular formula is C15H14N2O2. The predicted molar refractivity (Wildman–Crippen MR) is 70.8 cm³/mol. The zero-order chi connectivity index (χ0) is 13.8. The van der Waals surface area contributed by atoms with Gasteiger partial charge >= 0.3 is 0 Å². The van der Waals surface area contributed by atoms with Crippen LogP contribution >= 0.6 is 0 Å². The minimum atomic E-state index is -0.666. The number of nitrogens with zero attached hydrogens (tertiary/aromatic N) is 2. The number of benzene rings is 1. The first kappa shape index (κ1) is 13.1. The third-order valence-corrected chi connectivity index (χ3v) is 2.70. The molecule has 0 aliphatic rings. The summed E-state index contributed by atoms with van der Waals surface area (Å²) in [6.07, 6.45) is 0.946. The van der Waals surface area contributed by atoms with Crippen LogP contribution in [-0.4, -0.2) is 10.1 Å². The average Bonchev–Trinajstić information content (AvgIpc) is 2.41. The van der Waals surface area contributed by atoms with E-state index in [1.807, 2.05) is 13.0 Å². The quantitative estimate of drug-likeness (QED) is 0.913. The fourth-order valence-corrected chi connectivity index (χ4v) is 1.68. The van der Waals surface area contributed by atoms with E-state index in [4.69, 9.17) is 10.00 Å². The molecule has 4 heteroatoms. The average molecular weight is 254 g/mol. The summed E-state index contributed by atoms with van der Waals surface area (Å²) in [5, 5.41) is 18.6. The molecule has 96 valence electrons. The summed E-state index contributed by atoms with van der Waals surface area (Å²) in [6.45, 7) is 3.54. The Kier molecular flexibility index (Phi) is 3.79. The lowest BCUT2D eigenvalue weighted by atomic mass is 10.1. The fourth-order valence-electron chi connectivity index (χ4n) is 1.68. The zero-order valence-corrected chi connectivity index (χ0v) is 10.8. The molecule has 0 amide bonds. The number of nitriles is 1. The molecule has 0 fully saturated rings. The SMILES string of the molecule is Cc1ccc(Oc2cc(C#N)ccc2[C@H](C)O)cn1. The molecule has 0 aliphatic carbocycles. The van der Waals surface area contributed by atoms with Gasteiger partial charge in [-0.05, 0) is 38.1 Å². The van der Waals surface area contributed by atoms with Crippen molar-refractivity contribution in [2.24, 2.45) is 0 Å². The van der Waals surface area contributed by atoms with Crippen molar-refractivity contribution < 1.29 is 9.84 Å². The van der Waals surface area contributed by atoms with Crippen LogP contribution in [0, 0.1) is 18.3 Å². The van der Waals surface area contributed by atoms with E-state index in [0.29, 0.717) is 22.6 Å². The molecule has 0 radical (unpaired) electrons. The van der Waals surface area contributed by atoms with Crippen molar-refractivity contribution in [2.45, 2.75) is 20.0 Å². The van der Waals surface area contributed by atoms with Gasteiger partial charge in [0.25, 0.3) is 0 Å². The van der Waals surface area contributed by atoms with Gasteiger partial charge in [-0.3, -0.25) is 4.98 Å². The van der Waals surface area contributed by atoms with Gasteiger partial charge in [-0.1, -0.05) is 6.07 Å². The van der Waals surface area contributed by atoms with Crippen molar-refractivity contribution in [3.05, 3.63) is 53.3 Å². The number of aromatic nitrogens is 1. The summed E-state index contributed by atoms with van der Waals surface area (Å²) in [4.78, 5) is 4.14. The Morgan fingerprint density at radius 1 is 1.32 bits per heavy atom. The second-order valence-corrected chi connectivity index (χ2v) is 4.28. The Labute approximate surface area is 111 Å². The zero-order valence-electron chi connectivity index (χ0n) is 10.8. The summed E-state index contributed by atoms with van der Waals surface area (Å²) in [6, 6.07) is 10.7. The third kappa shape index (κ3) is 3.09. The van der Waals surface area contributed by atoms with Gasteiger partial charge in [0, 0.05) is 11.3 Å². The van der Waals surface area contributed by atoms with E-state index >= 15 is 0 Å². The first-order chi connectivity index (χ1) is 9.10. The molecule has 2 aromatic rings. The molecule has 1 aromatic carbocycles. The van der Waals surface area contributed by atoms with Crippen LogP contribution in [0.15, 0.2) is 36.5 Å². The van der Waals surface area contributed by atoms with Gasteiger partial charge in [0.05, 0.1) is 23.9 Å². The minimum absolute atomic E-state index is 0.472. The number of aliphatic hydroxyl groups excluding tert-OH is 1. The van der Waals surface area contributed by atoms with E-state index < -0.39 is 6.10 Å². The number of rotatable bonds is 3. The third-order valence-electron chi connectivity index (χ3n) is 2.70. The van der Waals surface area contributed by atoms with Gasteiger partial charge in [0.15, 0.2) is 0 Å². The van der Waals surface area contributed by atoms with Gasteiger partial charge in [-0.2, -0.15) is 5.26 Å². The lowest BCUT2D eigenvalue weighted by molar-refractivity contribution is 0.195. The molecule has 0 bridgehead atoms. The topological polar surface area (TPSA) is 66.1 Å². The van der Waals surface area contributed by atoms with E-state index in [-0.39, 0.29) is 0 Å². The van der Waals surface area contributed by atoms with E-state index in [1.165, 1.54) is 0 Å². The molecule has 1 N–H and O–H groups in total. The van der Waals surface area contributed by atoms with Crippen molar-refractivity contribution in [1.29, 1.82) is 5.26 Å². The second kappa shape index (κ2) is 5.51. The summed E-state index contributed by atoms with van der Waals surface area (Å²) >= 11 is 0. The largest absolute Gasteiger partial charge is 0.455 e. The van der Waals surface area contributed by atoms with Crippen LogP contribution < -0.4 is 4.74 Å². The highest BCUT2D eigenvalue weighted by Crippen LogP contribution is 2.30. The van der Waals surface area contributed by atoms with Gasteiger partial charge in [-0.25, -0.2) is 0 Å². The van der Waals surface area contributed by atoms with Crippen LogP contribution in [0.1, 0.15) is 29.8 Å². The molecule has 1 atom stereocenters. The van der Waals surface area contributed by atoms with Crippen molar-refractivity contribution in [3.63, 3.8) is 0 Å². The van der Waals surface area contributed by atoms with Gasteiger partial charge in [0.2, 0.25) is 0 Å². The highest BCUT2D eigenvalue weighted by atomic mass is 16.5. The maximum atomic E-state index is 9.71. The lowest BCUT2D eigenvalue weighted by Crippen LogP contribution is -1.97. The molecule has 0 saturated heterocycles. The van der Waals surface area contributed by atoms with Gasteiger partial charge in [-0.15, -0.1) is 0 Å². The maximum Gasteiger partial charge on any atom is 0.145 e. The normalized spacial score (nSPS) is 11.7. The number of aryl methyl sites for hydroxylation is 1. The summed E-state index contributed by atoms with van der Waals surface area (Å²) in [5.41, 5.74) is 2.02. The Balaban J connectivity index is 2.37. The van der Waals surface area contributed by atoms with Crippen LogP contribution in [0.5, 0.6) is 11.5 Å². The Hall–Kier alpha value is -2.38. The molecule has 0 saturated carbocycles. The molecule has 0 unspecified atom stereocenters. The van der Waals surface area contributed by atoms with E-state index in [2.05, 4.69) is 11.1 Å². The number of ether oxygens (including phenoxy) is 1. The first-order valence-corrected chi connectivity index (χ1v) is 5.93. The Bertz CT molecular complexity index is 613. The molecule has 1 heterocycles. The van der Waals surface area contributed by atoms with Crippen molar-refractivity contribution in [2.75, 3.05) is 0 Å². The lowest BCUT2D eigenvalue weighted by Gasteiger charge is -2.13. The molecule has 19 heavy (non-hydrogen) atoms. The summed E-state index contributed by atoms with van der Waals surface area (Å²) in [5.74, 6) is 1.04. The fraction of sp³-hybridized carbons (Fsp3) is 0.200. The van der Waals surface area contributed by atoms with Crippen LogP contribution in [0.3, 0.4) is 0 Å². The van der Waals surface area contributed by atoms with E-state index in [1.54, 1.807) is 37.4 Å². The smallest absolute Gasteiger partial charge is 0.145 e. The molecule has 4 nitrogen and oxygen atoms in total. The van der Waals surface area contributed by atoms with Crippen LogP contribution in [0.25, 0.3) is 0 Å². The standard InChI is InChI=1S/C15H14N2O2/c1-10-3-5-13(9-17-10)19-15-7-12(8-16)4-6-14(15)11(2)18/h3-7,9,11,18H,1-2H3/t11-/m0/s1. The van der Waals surface area contributed by atoms with E-state index in [9.17, 15) is 5.11 Å². The predicted octanol–water partition coefficient (Wildman–Crippen LogP) is 3.11. The minimum Gasteiger partial charge on any atom is -0.455 e. The monoisotopic (exact) mass is 254 g/mol. The van der Waals surface area contributed by atoms with Crippen LogP contribution in [0.4, 0.5) is 0 Å². The highest BCUT2D eigenvalue weighted by Gasteiger charge is 2.11. The Morgan fingerprint density at radius 3 is 2.68 bits per heavy atom. The van der Waals surface area contributed by atoms with E-state index in [0.717, 1.165) is 5.69 Å². The van der Waals surface area contributed by atoms with Crippen molar-refractivity contribution in [1.82, 2.24) is 4.98 Å². The Morgan fingerprint density at radius 2 is 2.11 bits per heavy atom. The molecule has 2 rings (SSSR count). The highest BCUT2D eigenvalue weighted by molar-refractivity contribution is 5.45. The molecule has 1 aromatic heterocycles. The molecular weight excluding hydrogens is 240 g/mol. The number of aliphatic hydroxyl groups is 1. The number of pyridine rings is 1. The van der Waals surface area contributed by atoms with Crippen molar-refractivity contribution >= 4 is 0 Å². The molecule has 0 aliphatic heterocycles. The molecule has 0 spiro atoms. The first-order valence-electron chi connectivity index (χ1n) is 5.93.